The van der Waals surface area contributed by atoms with Crippen molar-refractivity contribution in [2.45, 2.75) is 44.9 Å². The monoisotopic (exact) mass is 193 g/mol. The molecule has 0 unspecified atom stereocenters. The second kappa shape index (κ2) is 3.95. The Balaban J connectivity index is 2.21. The van der Waals surface area contributed by atoms with Gasteiger partial charge in [0, 0.05) is 5.92 Å². The minimum absolute atomic E-state index is 0.0619. The van der Waals surface area contributed by atoms with Crippen LogP contribution in [0.4, 0.5) is 0 Å². The Morgan fingerprint density at radius 3 is 2.79 bits per heavy atom. The first-order chi connectivity index (χ1) is 6.79. The summed E-state index contributed by atoms with van der Waals surface area (Å²) in [6.45, 7) is 1.57. The quantitative estimate of drug-likeness (QED) is 0.678. The van der Waals surface area contributed by atoms with Crippen LogP contribution in [0, 0.1) is 0 Å². The largest absolute Gasteiger partial charge is 0.360 e. The van der Waals surface area contributed by atoms with Crippen molar-refractivity contribution in [2.75, 3.05) is 0 Å². The Morgan fingerprint density at radius 2 is 2.14 bits per heavy atom. The van der Waals surface area contributed by atoms with Gasteiger partial charge in [0.15, 0.2) is 11.5 Å². The predicted octanol–water partition coefficient (Wildman–Crippen LogP) is 2.92. The second-order valence-electron chi connectivity index (χ2n) is 3.99. The molecule has 1 aliphatic carbocycles. The number of Topliss-reactive ketones (excluding diaryl/α,β-unsaturated/α-hetero) is 1. The van der Waals surface area contributed by atoms with E-state index in [2.05, 4.69) is 5.16 Å². The minimum Gasteiger partial charge on any atom is -0.360 e. The van der Waals surface area contributed by atoms with Crippen molar-refractivity contribution in [3.8, 4) is 0 Å². The van der Waals surface area contributed by atoms with Gasteiger partial charge >= 0.3 is 0 Å². The third-order valence-corrected chi connectivity index (χ3v) is 2.95. The maximum Gasteiger partial charge on any atom is 0.164 e. The zero-order valence-corrected chi connectivity index (χ0v) is 8.45. The van der Waals surface area contributed by atoms with Gasteiger partial charge < -0.3 is 4.52 Å². The second-order valence-corrected chi connectivity index (χ2v) is 3.99. The van der Waals surface area contributed by atoms with Crippen LogP contribution < -0.4 is 0 Å². The molecule has 76 valence electrons. The molecular formula is C11H15NO2. The molecule has 1 aromatic heterocycles. The summed E-state index contributed by atoms with van der Waals surface area (Å²) >= 11 is 0. The first-order valence-electron chi connectivity index (χ1n) is 5.24. The average Bonchev–Trinajstić information content (AvgIpc) is 2.67. The molecule has 1 aromatic rings. The van der Waals surface area contributed by atoms with Crippen molar-refractivity contribution in [1.82, 2.24) is 5.16 Å². The normalized spacial score (nSPS) is 18.4. The molecule has 14 heavy (non-hydrogen) atoms. The Labute approximate surface area is 83.5 Å². The predicted molar refractivity (Wildman–Crippen MR) is 52.3 cm³/mol. The van der Waals surface area contributed by atoms with E-state index in [0.717, 1.165) is 18.6 Å². The fourth-order valence-electron chi connectivity index (χ4n) is 2.17. The summed E-state index contributed by atoms with van der Waals surface area (Å²) in [7, 11) is 0. The third-order valence-electron chi connectivity index (χ3n) is 2.95. The lowest BCUT2D eigenvalue weighted by Gasteiger charge is -2.19. The van der Waals surface area contributed by atoms with E-state index in [4.69, 9.17) is 4.52 Å². The van der Waals surface area contributed by atoms with Gasteiger partial charge in [-0.05, 0) is 19.8 Å². The van der Waals surface area contributed by atoms with Gasteiger partial charge in [0.1, 0.15) is 0 Å². The highest BCUT2D eigenvalue weighted by Crippen LogP contribution is 2.34. The zero-order valence-electron chi connectivity index (χ0n) is 8.45. The van der Waals surface area contributed by atoms with E-state index in [0.29, 0.717) is 11.5 Å². The van der Waals surface area contributed by atoms with Crippen molar-refractivity contribution in [3.63, 3.8) is 0 Å². The molecule has 0 spiro atoms. The van der Waals surface area contributed by atoms with Crippen LogP contribution in [0.5, 0.6) is 0 Å². The van der Waals surface area contributed by atoms with Gasteiger partial charge in [0.25, 0.3) is 0 Å². The van der Waals surface area contributed by atoms with Crippen LogP contribution in [-0.4, -0.2) is 10.9 Å². The summed E-state index contributed by atoms with van der Waals surface area (Å²) in [4.78, 5) is 11.3. The third kappa shape index (κ3) is 1.72. The molecule has 0 N–H and O–H groups in total. The molecule has 0 radical (unpaired) electrons. The van der Waals surface area contributed by atoms with E-state index in [-0.39, 0.29) is 5.78 Å². The van der Waals surface area contributed by atoms with Gasteiger partial charge in [0.2, 0.25) is 0 Å². The molecule has 0 aliphatic heterocycles. The summed E-state index contributed by atoms with van der Waals surface area (Å²) in [6, 6.07) is 0. The van der Waals surface area contributed by atoms with Crippen molar-refractivity contribution >= 4 is 5.78 Å². The van der Waals surface area contributed by atoms with Gasteiger partial charge in [-0.25, -0.2) is 0 Å². The van der Waals surface area contributed by atoms with E-state index in [1.54, 1.807) is 13.1 Å². The lowest BCUT2D eigenvalue weighted by atomic mass is 9.86. The molecule has 0 atom stereocenters. The summed E-state index contributed by atoms with van der Waals surface area (Å²) in [5.74, 6) is 1.30. The number of carbonyl (C=O) groups is 1. The number of hydrogen-bond acceptors (Lipinski definition) is 3. The molecule has 0 amide bonds. The molecule has 2 rings (SSSR count). The molecule has 3 nitrogen and oxygen atoms in total. The van der Waals surface area contributed by atoms with E-state index in [9.17, 15) is 4.79 Å². The maximum absolute atomic E-state index is 11.3. The van der Waals surface area contributed by atoms with Gasteiger partial charge in [-0.2, -0.15) is 0 Å². The number of ketones is 1. The lowest BCUT2D eigenvalue weighted by molar-refractivity contribution is 0.101. The van der Waals surface area contributed by atoms with Crippen LogP contribution in [0.15, 0.2) is 10.7 Å². The number of hydrogen-bond donors (Lipinski definition) is 0. The summed E-state index contributed by atoms with van der Waals surface area (Å²) in [5.41, 5.74) is 0.678. The number of rotatable bonds is 2. The Bertz CT molecular complexity index is 324. The van der Waals surface area contributed by atoms with Crippen molar-refractivity contribution in [3.05, 3.63) is 17.5 Å². The highest BCUT2D eigenvalue weighted by atomic mass is 16.5. The number of nitrogens with zero attached hydrogens (tertiary/aromatic N) is 1. The number of aromatic nitrogens is 1. The van der Waals surface area contributed by atoms with E-state index in [1.165, 1.54) is 19.3 Å². The van der Waals surface area contributed by atoms with Crippen LogP contribution in [0.1, 0.15) is 61.1 Å². The van der Waals surface area contributed by atoms with Crippen molar-refractivity contribution in [1.29, 1.82) is 0 Å². The molecule has 0 aromatic carbocycles. The SMILES string of the molecule is CC(=O)c1cnoc1C1CCCCC1. The lowest BCUT2D eigenvalue weighted by Crippen LogP contribution is -2.07. The molecule has 1 fully saturated rings. The van der Waals surface area contributed by atoms with Crippen LogP contribution in [0.2, 0.25) is 0 Å². The summed E-state index contributed by atoms with van der Waals surface area (Å²) in [5, 5.41) is 3.72. The standard InChI is InChI=1S/C11H15NO2/c1-8(13)10-7-12-14-11(10)9-5-3-2-4-6-9/h7,9H,2-6H2,1H3. The Hall–Kier alpha value is -1.12. The minimum atomic E-state index is 0.0619. The molecule has 1 aliphatic rings. The topological polar surface area (TPSA) is 43.1 Å². The van der Waals surface area contributed by atoms with Crippen molar-refractivity contribution in [2.24, 2.45) is 0 Å². The fourth-order valence-corrected chi connectivity index (χ4v) is 2.17. The van der Waals surface area contributed by atoms with E-state index >= 15 is 0 Å². The molecule has 3 heteroatoms. The smallest absolute Gasteiger partial charge is 0.164 e. The number of carbonyl (C=O) groups excluding carboxylic acids is 1. The highest BCUT2D eigenvalue weighted by Gasteiger charge is 2.23. The molecule has 1 heterocycles. The van der Waals surface area contributed by atoms with Crippen molar-refractivity contribution < 1.29 is 9.32 Å². The van der Waals surface area contributed by atoms with E-state index < -0.39 is 0 Å². The van der Waals surface area contributed by atoms with E-state index in [1.807, 2.05) is 0 Å². The summed E-state index contributed by atoms with van der Waals surface area (Å²) < 4.78 is 5.19. The fraction of sp³-hybridized carbons (Fsp3) is 0.636. The van der Waals surface area contributed by atoms with Gasteiger partial charge in [-0.1, -0.05) is 24.4 Å². The van der Waals surface area contributed by atoms with Crippen LogP contribution in [0.3, 0.4) is 0 Å². The van der Waals surface area contributed by atoms with Gasteiger partial charge in [0.05, 0.1) is 11.8 Å². The molecular weight excluding hydrogens is 178 g/mol. The Morgan fingerprint density at radius 1 is 1.43 bits per heavy atom. The van der Waals surface area contributed by atoms with Gasteiger partial charge in [-0.15, -0.1) is 0 Å². The van der Waals surface area contributed by atoms with Crippen LogP contribution in [0.25, 0.3) is 0 Å². The van der Waals surface area contributed by atoms with Crippen LogP contribution in [-0.2, 0) is 0 Å². The molecule has 0 bridgehead atoms. The summed E-state index contributed by atoms with van der Waals surface area (Å²) in [6.07, 6.45) is 7.60. The Kier molecular flexibility index (Phi) is 2.66. The first kappa shape index (κ1) is 9.44. The van der Waals surface area contributed by atoms with Gasteiger partial charge in [-0.3, -0.25) is 4.79 Å². The van der Waals surface area contributed by atoms with Crippen LogP contribution >= 0.6 is 0 Å². The molecule has 1 saturated carbocycles. The zero-order chi connectivity index (χ0) is 9.97. The first-order valence-corrected chi connectivity index (χ1v) is 5.24. The maximum atomic E-state index is 11.3. The average molecular weight is 193 g/mol. The molecule has 0 saturated heterocycles. The highest BCUT2D eigenvalue weighted by molar-refractivity contribution is 5.94.